The van der Waals surface area contributed by atoms with Crippen LogP contribution in [0, 0.1) is 0 Å². The van der Waals surface area contributed by atoms with Gasteiger partial charge in [-0.2, -0.15) is 0 Å². The maximum atomic E-state index is 11.4. The highest BCUT2D eigenvalue weighted by Gasteiger charge is 2.12. The van der Waals surface area contributed by atoms with Crippen LogP contribution >= 0.6 is 0 Å². The van der Waals surface area contributed by atoms with Crippen LogP contribution in [0.5, 0.6) is 11.5 Å². The molecule has 1 aromatic carbocycles. The fraction of sp³-hybridized carbons (Fsp3) is 0.429. The Morgan fingerprint density at radius 3 is 2.29 bits per heavy atom. The first-order chi connectivity index (χ1) is 10.0. The van der Waals surface area contributed by atoms with E-state index in [1.54, 1.807) is 31.4 Å². The Labute approximate surface area is 123 Å². The van der Waals surface area contributed by atoms with Gasteiger partial charge in [-0.3, -0.25) is 9.59 Å². The lowest BCUT2D eigenvalue weighted by molar-refractivity contribution is -0.139. The summed E-state index contributed by atoms with van der Waals surface area (Å²) < 4.78 is 10.4. The van der Waals surface area contributed by atoms with E-state index in [2.05, 4.69) is 10.6 Å². The number of hydrogen-bond donors (Lipinski definition) is 3. The first-order valence-electron chi connectivity index (χ1n) is 6.54. The second-order valence-electron chi connectivity index (χ2n) is 4.34. The Morgan fingerprint density at radius 2 is 1.71 bits per heavy atom. The minimum Gasteiger partial charge on any atom is -0.497 e. The largest absolute Gasteiger partial charge is 0.497 e. The zero-order valence-corrected chi connectivity index (χ0v) is 12.1. The number of ether oxygens (including phenoxy) is 2. The molecular formula is C14H20N2O5. The molecule has 1 rings (SSSR count). The van der Waals surface area contributed by atoms with Crippen LogP contribution in [0.1, 0.15) is 6.92 Å². The lowest BCUT2D eigenvalue weighted by Crippen LogP contribution is -2.43. The summed E-state index contributed by atoms with van der Waals surface area (Å²) in [5.41, 5.74) is 0. The van der Waals surface area contributed by atoms with Gasteiger partial charge in [-0.05, 0) is 31.2 Å². The van der Waals surface area contributed by atoms with Gasteiger partial charge in [-0.1, -0.05) is 0 Å². The lowest BCUT2D eigenvalue weighted by Gasteiger charge is -2.09. The van der Waals surface area contributed by atoms with Gasteiger partial charge in [0.05, 0.1) is 19.8 Å². The molecule has 0 saturated carbocycles. The van der Waals surface area contributed by atoms with Crippen LogP contribution in [-0.2, 0) is 9.59 Å². The summed E-state index contributed by atoms with van der Waals surface area (Å²) in [5.74, 6) is -0.164. The van der Waals surface area contributed by atoms with Gasteiger partial charge in [0.15, 0.2) is 0 Å². The summed E-state index contributed by atoms with van der Waals surface area (Å²) in [6.45, 7) is 1.99. The molecule has 1 unspecified atom stereocenters. The number of carbonyl (C=O) groups is 2. The Hall–Kier alpha value is -2.28. The second-order valence-corrected chi connectivity index (χ2v) is 4.34. The average Bonchev–Trinajstić information content (AvgIpc) is 2.49. The van der Waals surface area contributed by atoms with Crippen molar-refractivity contribution in [1.29, 1.82) is 0 Å². The average molecular weight is 296 g/mol. The van der Waals surface area contributed by atoms with E-state index in [0.717, 1.165) is 5.75 Å². The molecule has 2 amide bonds. The lowest BCUT2D eigenvalue weighted by atomic mass is 10.3. The highest BCUT2D eigenvalue weighted by Crippen LogP contribution is 2.16. The van der Waals surface area contributed by atoms with Crippen LogP contribution in [0.25, 0.3) is 0 Å². The Balaban J connectivity index is 2.20. The van der Waals surface area contributed by atoms with Crippen molar-refractivity contribution >= 4 is 11.8 Å². The minimum atomic E-state index is -0.777. The summed E-state index contributed by atoms with van der Waals surface area (Å²) in [6, 6.07) is 7.01. The van der Waals surface area contributed by atoms with E-state index in [0.29, 0.717) is 5.75 Å². The molecule has 7 nitrogen and oxygen atoms in total. The van der Waals surface area contributed by atoms with Gasteiger partial charge in [0.25, 0.3) is 0 Å². The number of nitrogens with one attached hydrogen (secondary N) is 2. The highest BCUT2D eigenvalue weighted by atomic mass is 16.5. The fourth-order valence-electron chi connectivity index (χ4n) is 1.41. The summed E-state index contributed by atoms with van der Waals surface area (Å²) in [4.78, 5) is 22.7. The number of carbonyl (C=O) groups excluding carboxylic acids is 2. The molecule has 0 aliphatic carbocycles. The number of aliphatic hydroxyl groups is 1. The van der Waals surface area contributed by atoms with Gasteiger partial charge in [0, 0.05) is 6.54 Å². The fourth-order valence-corrected chi connectivity index (χ4v) is 1.41. The SMILES string of the molecule is COc1ccc(OCCNC(=O)C(=O)NCC(C)O)cc1. The number of rotatable bonds is 7. The van der Waals surface area contributed by atoms with Gasteiger partial charge in [-0.15, -0.1) is 0 Å². The van der Waals surface area contributed by atoms with Crippen LogP contribution < -0.4 is 20.1 Å². The van der Waals surface area contributed by atoms with Crippen molar-refractivity contribution in [1.82, 2.24) is 10.6 Å². The molecule has 0 spiro atoms. The van der Waals surface area contributed by atoms with Crippen LogP contribution in [0.3, 0.4) is 0 Å². The maximum absolute atomic E-state index is 11.4. The van der Waals surface area contributed by atoms with Gasteiger partial charge in [0.1, 0.15) is 18.1 Å². The van der Waals surface area contributed by atoms with Crippen LogP contribution in [0.2, 0.25) is 0 Å². The predicted molar refractivity (Wildman–Crippen MR) is 76.2 cm³/mol. The first-order valence-corrected chi connectivity index (χ1v) is 6.54. The van der Waals surface area contributed by atoms with Gasteiger partial charge in [-0.25, -0.2) is 0 Å². The van der Waals surface area contributed by atoms with E-state index in [1.165, 1.54) is 6.92 Å². The third-order valence-electron chi connectivity index (χ3n) is 2.48. The van der Waals surface area contributed by atoms with Gasteiger partial charge < -0.3 is 25.2 Å². The number of hydrogen-bond acceptors (Lipinski definition) is 5. The monoisotopic (exact) mass is 296 g/mol. The van der Waals surface area contributed by atoms with Crippen LogP contribution in [0.4, 0.5) is 0 Å². The number of aliphatic hydroxyl groups excluding tert-OH is 1. The topological polar surface area (TPSA) is 96.9 Å². The second kappa shape index (κ2) is 8.80. The van der Waals surface area contributed by atoms with Crippen molar-refractivity contribution in [3.8, 4) is 11.5 Å². The van der Waals surface area contributed by atoms with Crippen LogP contribution in [-0.4, -0.2) is 49.8 Å². The summed E-state index contributed by atoms with van der Waals surface area (Å²) in [7, 11) is 1.58. The molecule has 0 aliphatic rings. The molecule has 0 aromatic heterocycles. The first kappa shape index (κ1) is 16.8. The van der Waals surface area contributed by atoms with E-state index >= 15 is 0 Å². The summed E-state index contributed by atoms with van der Waals surface area (Å²) in [6.07, 6.45) is -0.694. The van der Waals surface area contributed by atoms with E-state index < -0.39 is 17.9 Å². The molecule has 1 aromatic rings. The van der Waals surface area contributed by atoms with Crippen molar-refractivity contribution in [3.05, 3.63) is 24.3 Å². The van der Waals surface area contributed by atoms with Gasteiger partial charge in [0.2, 0.25) is 0 Å². The molecule has 0 heterocycles. The van der Waals surface area contributed by atoms with E-state index in [1.807, 2.05) is 0 Å². The normalized spacial score (nSPS) is 11.4. The van der Waals surface area contributed by atoms with Crippen molar-refractivity contribution in [2.24, 2.45) is 0 Å². The molecule has 0 aliphatic heterocycles. The van der Waals surface area contributed by atoms with Crippen molar-refractivity contribution < 1.29 is 24.2 Å². The third kappa shape index (κ3) is 6.62. The summed E-state index contributed by atoms with van der Waals surface area (Å²) >= 11 is 0. The molecule has 3 N–H and O–H groups in total. The molecule has 7 heteroatoms. The molecular weight excluding hydrogens is 276 g/mol. The molecule has 116 valence electrons. The molecule has 1 atom stereocenters. The number of amides is 2. The van der Waals surface area contributed by atoms with E-state index in [4.69, 9.17) is 14.6 Å². The zero-order valence-electron chi connectivity index (χ0n) is 12.1. The molecule has 21 heavy (non-hydrogen) atoms. The van der Waals surface area contributed by atoms with Gasteiger partial charge >= 0.3 is 11.8 Å². The zero-order chi connectivity index (χ0) is 15.7. The molecule has 0 fully saturated rings. The predicted octanol–water partition coefficient (Wildman–Crippen LogP) is -0.313. The quantitative estimate of drug-likeness (QED) is 0.473. The molecule has 0 radical (unpaired) electrons. The molecule has 0 bridgehead atoms. The maximum Gasteiger partial charge on any atom is 0.309 e. The number of benzene rings is 1. The third-order valence-corrected chi connectivity index (χ3v) is 2.48. The Morgan fingerprint density at radius 1 is 1.14 bits per heavy atom. The van der Waals surface area contributed by atoms with E-state index in [-0.39, 0.29) is 19.7 Å². The standard InChI is InChI=1S/C14H20N2O5/c1-10(17)9-16-14(19)13(18)15-7-8-21-12-5-3-11(20-2)4-6-12/h3-6,10,17H,7-9H2,1-2H3,(H,15,18)(H,16,19). The van der Waals surface area contributed by atoms with Crippen molar-refractivity contribution in [2.45, 2.75) is 13.0 Å². The van der Waals surface area contributed by atoms with Crippen molar-refractivity contribution in [2.75, 3.05) is 26.8 Å². The summed E-state index contributed by atoms with van der Waals surface area (Å²) in [5, 5.41) is 13.7. The Kier molecular flexibility index (Phi) is 7.03. The highest BCUT2D eigenvalue weighted by molar-refractivity contribution is 6.35. The minimum absolute atomic E-state index is 0.0363. The smallest absolute Gasteiger partial charge is 0.309 e. The van der Waals surface area contributed by atoms with Crippen LogP contribution in [0.15, 0.2) is 24.3 Å². The number of methoxy groups -OCH3 is 1. The molecule has 0 saturated heterocycles. The Bertz CT molecular complexity index is 459. The van der Waals surface area contributed by atoms with E-state index in [9.17, 15) is 9.59 Å². The van der Waals surface area contributed by atoms with Crippen molar-refractivity contribution in [3.63, 3.8) is 0 Å².